The van der Waals surface area contributed by atoms with Gasteiger partial charge < -0.3 is 0 Å². The smallest absolute Gasteiger partial charge is 0.182 e. The summed E-state index contributed by atoms with van der Waals surface area (Å²) >= 11 is 0. The van der Waals surface area contributed by atoms with Crippen LogP contribution >= 0.6 is 0 Å². The quantitative estimate of drug-likeness (QED) is 0.535. The largest absolute Gasteiger partial charge is 0.290 e. The Morgan fingerprint density at radius 1 is 1.08 bits per heavy atom. The first-order chi connectivity index (χ1) is 5.79. The second kappa shape index (κ2) is 2.89. The fourth-order valence-corrected chi connectivity index (χ4v) is 2.16. The number of rotatable bonds is 0. The second-order valence-corrected chi connectivity index (χ2v) is 3.71. The molecule has 0 radical (unpaired) electrons. The molecule has 0 unspecified atom stereocenters. The lowest BCUT2D eigenvalue weighted by Crippen LogP contribution is -1.94. The Balaban J connectivity index is 2.34. The lowest BCUT2D eigenvalue weighted by atomic mass is 10.0. The molecule has 0 aromatic heterocycles. The predicted octanol–water partition coefficient (Wildman–Crippen LogP) is 2.78. The summed E-state index contributed by atoms with van der Waals surface area (Å²) in [6.45, 7) is 2.06. The number of hydrogen-bond acceptors (Lipinski definition) is 1. The third kappa shape index (κ3) is 1.13. The average molecular weight is 162 g/mol. The molecule has 64 valence electrons. The zero-order chi connectivity index (χ0) is 8.55. The van der Waals surface area contributed by atoms with E-state index in [2.05, 4.69) is 6.92 Å². The van der Waals surface area contributed by atoms with E-state index in [1.54, 1.807) is 6.08 Å². The second-order valence-electron chi connectivity index (χ2n) is 3.71. The van der Waals surface area contributed by atoms with Crippen molar-refractivity contribution in [3.05, 3.63) is 22.8 Å². The van der Waals surface area contributed by atoms with Crippen LogP contribution in [-0.2, 0) is 4.79 Å². The summed E-state index contributed by atoms with van der Waals surface area (Å²) in [6, 6.07) is 0. The number of allylic oxidation sites excluding steroid dienone is 4. The Bertz CT molecular complexity index is 281. The fraction of sp³-hybridized carbons (Fsp3) is 0.545. The Morgan fingerprint density at radius 2 is 1.75 bits per heavy atom. The van der Waals surface area contributed by atoms with E-state index in [9.17, 15) is 4.79 Å². The molecule has 0 spiro atoms. The maximum Gasteiger partial charge on any atom is 0.182 e. The summed E-state index contributed by atoms with van der Waals surface area (Å²) in [6.07, 6.45) is 7.69. The van der Waals surface area contributed by atoms with Gasteiger partial charge in [0, 0.05) is 5.57 Å². The van der Waals surface area contributed by atoms with Gasteiger partial charge in [-0.2, -0.15) is 0 Å². The van der Waals surface area contributed by atoms with Crippen molar-refractivity contribution in [2.24, 2.45) is 0 Å². The highest BCUT2D eigenvalue weighted by Gasteiger charge is 2.22. The first-order valence-corrected chi connectivity index (χ1v) is 4.74. The molecule has 0 aliphatic heterocycles. The summed E-state index contributed by atoms with van der Waals surface area (Å²) in [5.41, 5.74) is 3.69. The molecule has 2 aliphatic carbocycles. The van der Waals surface area contributed by atoms with E-state index < -0.39 is 0 Å². The molecule has 0 bridgehead atoms. The SMILES string of the molecule is CC1=CC(=O)C2=C1CCCCC2. The molecule has 1 nitrogen and oxygen atoms in total. The minimum absolute atomic E-state index is 0.282. The van der Waals surface area contributed by atoms with Crippen LogP contribution in [0.25, 0.3) is 0 Å². The number of hydrogen-bond donors (Lipinski definition) is 0. The number of carbonyl (C=O) groups is 1. The van der Waals surface area contributed by atoms with E-state index in [0.717, 1.165) is 18.4 Å². The Hall–Kier alpha value is -0.850. The molecule has 0 atom stereocenters. The third-order valence-corrected chi connectivity index (χ3v) is 2.84. The molecule has 0 N–H and O–H groups in total. The highest BCUT2D eigenvalue weighted by atomic mass is 16.1. The first kappa shape index (κ1) is 7.78. The van der Waals surface area contributed by atoms with E-state index in [1.165, 1.54) is 30.4 Å². The maximum atomic E-state index is 11.4. The van der Waals surface area contributed by atoms with E-state index in [-0.39, 0.29) is 5.78 Å². The molecular formula is C11H14O. The van der Waals surface area contributed by atoms with E-state index in [1.807, 2.05) is 0 Å². The average Bonchev–Trinajstić information content (AvgIpc) is 2.29. The van der Waals surface area contributed by atoms with Crippen molar-refractivity contribution in [3.63, 3.8) is 0 Å². The van der Waals surface area contributed by atoms with Crippen LogP contribution in [0.15, 0.2) is 22.8 Å². The summed E-state index contributed by atoms with van der Waals surface area (Å²) in [4.78, 5) is 11.4. The molecule has 2 rings (SSSR count). The van der Waals surface area contributed by atoms with E-state index >= 15 is 0 Å². The van der Waals surface area contributed by atoms with Gasteiger partial charge in [0.2, 0.25) is 0 Å². The van der Waals surface area contributed by atoms with Crippen molar-refractivity contribution < 1.29 is 4.79 Å². The number of carbonyl (C=O) groups excluding carboxylic acids is 1. The molecule has 2 aliphatic rings. The van der Waals surface area contributed by atoms with Crippen molar-refractivity contribution >= 4 is 5.78 Å². The van der Waals surface area contributed by atoms with Gasteiger partial charge in [-0.15, -0.1) is 0 Å². The standard InChI is InChI=1S/C11H14O/c1-8-7-11(12)10-6-4-2-3-5-9(8)10/h7H,2-6H2,1H3. The van der Waals surface area contributed by atoms with Gasteiger partial charge in [-0.05, 0) is 49.8 Å². The Labute approximate surface area is 73.2 Å². The van der Waals surface area contributed by atoms with Crippen LogP contribution in [0.5, 0.6) is 0 Å². The van der Waals surface area contributed by atoms with Crippen molar-refractivity contribution in [2.75, 3.05) is 0 Å². The van der Waals surface area contributed by atoms with Crippen molar-refractivity contribution in [1.29, 1.82) is 0 Å². The van der Waals surface area contributed by atoms with Crippen LogP contribution < -0.4 is 0 Å². The van der Waals surface area contributed by atoms with Gasteiger partial charge in [0.05, 0.1) is 0 Å². The molecule has 0 aromatic rings. The van der Waals surface area contributed by atoms with Gasteiger partial charge in [-0.25, -0.2) is 0 Å². The fourth-order valence-electron chi connectivity index (χ4n) is 2.16. The molecule has 0 heterocycles. The maximum absolute atomic E-state index is 11.4. The monoisotopic (exact) mass is 162 g/mol. The summed E-state index contributed by atoms with van der Waals surface area (Å²) in [7, 11) is 0. The van der Waals surface area contributed by atoms with Gasteiger partial charge in [0.15, 0.2) is 5.78 Å². The topological polar surface area (TPSA) is 17.1 Å². The zero-order valence-electron chi connectivity index (χ0n) is 7.52. The number of ketones is 1. The minimum Gasteiger partial charge on any atom is -0.290 e. The summed E-state index contributed by atoms with van der Waals surface area (Å²) in [5, 5.41) is 0. The first-order valence-electron chi connectivity index (χ1n) is 4.74. The summed E-state index contributed by atoms with van der Waals surface area (Å²) in [5.74, 6) is 0.282. The van der Waals surface area contributed by atoms with Crippen molar-refractivity contribution in [2.45, 2.75) is 39.0 Å². The lowest BCUT2D eigenvalue weighted by Gasteiger charge is -2.01. The highest BCUT2D eigenvalue weighted by molar-refractivity contribution is 6.09. The van der Waals surface area contributed by atoms with Crippen molar-refractivity contribution in [1.82, 2.24) is 0 Å². The summed E-state index contributed by atoms with van der Waals surface area (Å²) < 4.78 is 0. The van der Waals surface area contributed by atoms with Crippen LogP contribution in [0.3, 0.4) is 0 Å². The van der Waals surface area contributed by atoms with Gasteiger partial charge in [-0.3, -0.25) is 4.79 Å². The van der Waals surface area contributed by atoms with Crippen LogP contribution in [0.2, 0.25) is 0 Å². The molecule has 0 saturated carbocycles. The lowest BCUT2D eigenvalue weighted by molar-refractivity contribution is -0.111. The molecule has 0 amide bonds. The van der Waals surface area contributed by atoms with Gasteiger partial charge >= 0.3 is 0 Å². The minimum atomic E-state index is 0.282. The Kier molecular flexibility index (Phi) is 1.87. The van der Waals surface area contributed by atoms with Gasteiger partial charge in [0.25, 0.3) is 0 Å². The third-order valence-electron chi connectivity index (χ3n) is 2.84. The predicted molar refractivity (Wildman–Crippen MR) is 48.9 cm³/mol. The molecule has 1 heteroatoms. The molecule has 12 heavy (non-hydrogen) atoms. The van der Waals surface area contributed by atoms with E-state index in [0.29, 0.717) is 0 Å². The van der Waals surface area contributed by atoms with Crippen molar-refractivity contribution in [3.8, 4) is 0 Å². The molecule has 0 fully saturated rings. The van der Waals surface area contributed by atoms with Crippen LogP contribution in [0.1, 0.15) is 39.0 Å². The van der Waals surface area contributed by atoms with E-state index in [4.69, 9.17) is 0 Å². The van der Waals surface area contributed by atoms with Gasteiger partial charge in [-0.1, -0.05) is 6.42 Å². The molecule has 0 saturated heterocycles. The van der Waals surface area contributed by atoms with Crippen LogP contribution in [0.4, 0.5) is 0 Å². The zero-order valence-corrected chi connectivity index (χ0v) is 7.52. The highest BCUT2D eigenvalue weighted by Crippen LogP contribution is 2.33. The molecule has 0 aromatic carbocycles. The van der Waals surface area contributed by atoms with Crippen LogP contribution in [0, 0.1) is 0 Å². The Morgan fingerprint density at radius 3 is 2.50 bits per heavy atom. The van der Waals surface area contributed by atoms with Gasteiger partial charge in [0.1, 0.15) is 0 Å². The molecular weight excluding hydrogens is 148 g/mol. The van der Waals surface area contributed by atoms with Crippen LogP contribution in [-0.4, -0.2) is 5.78 Å². The normalized spacial score (nSPS) is 23.8.